The molecule has 2 heterocycles. The Morgan fingerprint density at radius 1 is 1.48 bits per heavy atom. The minimum Gasteiger partial charge on any atom is -0.382 e. The van der Waals surface area contributed by atoms with Crippen molar-refractivity contribution in [3.8, 4) is 0 Å². The van der Waals surface area contributed by atoms with E-state index in [2.05, 4.69) is 37.8 Å². The Bertz CT molecular complexity index is 624. The minimum absolute atomic E-state index is 0.0991. The molecule has 2 aromatic heterocycles. The van der Waals surface area contributed by atoms with Gasteiger partial charge < -0.3 is 10.2 Å². The van der Waals surface area contributed by atoms with Crippen molar-refractivity contribution in [3.05, 3.63) is 43.4 Å². The van der Waals surface area contributed by atoms with Crippen molar-refractivity contribution in [2.24, 2.45) is 0 Å². The lowest BCUT2D eigenvalue weighted by atomic mass is 10.3. The molecule has 0 amide bonds. The van der Waals surface area contributed by atoms with Gasteiger partial charge in [-0.2, -0.15) is 5.10 Å². The number of hydrogen-bond donors (Lipinski definition) is 1. The Labute approximate surface area is 136 Å². The van der Waals surface area contributed by atoms with Crippen LogP contribution in [-0.4, -0.2) is 41.9 Å². The van der Waals surface area contributed by atoms with Gasteiger partial charge >= 0.3 is 0 Å². The molecule has 21 heavy (non-hydrogen) atoms. The summed E-state index contributed by atoms with van der Waals surface area (Å²) in [6.07, 6.45) is 2.64. The maximum absolute atomic E-state index is 12.2. The highest BCUT2D eigenvalue weighted by molar-refractivity contribution is 9.10. The molecule has 0 saturated heterocycles. The number of anilines is 1. The maximum Gasteiger partial charge on any atom is 0.283 e. The van der Waals surface area contributed by atoms with E-state index in [9.17, 15) is 4.79 Å². The second kappa shape index (κ2) is 7.72. The molecule has 1 N–H and O–H groups in total. The Kier molecular flexibility index (Phi) is 5.96. The standard InChI is InChI=1S/C14H19BrN4OS/c1-18(2)7-8-19-14(20)13(15)12(10-17-19)16-6-5-11-4-3-9-21-11/h3-4,9-10,16H,5-8H2,1-2H3. The third-order valence-corrected chi connectivity index (χ3v) is 4.71. The van der Waals surface area contributed by atoms with Crippen LogP contribution < -0.4 is 10.9 Å². The highest BCUT2D eigenvalue weighted by Crippen LogP contribution is 2.16. The van der Waals surface area contributed by atoms with Crippen molar-refractivity contribution >= 4 is 33.0 Å². The summed E-state index contributed by atoms with van der Waals surface area (Å²) in [6, 6.07) is 4.16. The molecule has 2 aromatic rings. The van der Waals surface area contributed by atoms with Gasteiger partial charge in [-0.1, -0.05) is 6.07 Å². The number of halogens is 1. The highest BCUT2D eigenvalue weighted by atomic mass is 79.9. The fourth-order valence-corrected chi connectivity index (χ4v) is 2.97. The molecule has 0 spiro atoms. The van der Waals surface area contributed by atoms with Gasteiger partial charge in [0.1, 0.15) is 4.47 Å². The number of rotatable bonds is 7. The van der Waals surface area contributed by atoms with E-state index in [0.29, 0.717) is 11.0 Å². The van der Waals surface area contributed by atoms with E-state index >= 15 is 0 Å². The molecule has 0 atom stereocenters. The van der Waals surface area contributed by atoms with Crippen molar-refractivity contribution in [1.29, 1.82) is 0 Å². The average molecular weight is 371 g/mol. The molecule has 0 aromatic carbocycles. The van der Waals surface area contributed by atoms with E-state index in [1.54, 1.807) is 17.5 Å². The fourth-order valence-electron chi connectivity index (χ4n) is 1.82. The van der Waals surface area contributed by atoms with Crippen molar-refractivity contribution in [2.45, 2.75) is 13.0 Å². The molecule has 0 radical (unpaired) electrons. The van der Waals surface area contributed by atoms with E-state index < -0.39 is 0 Å². The zero-order valence-corrected chi connectivity index (χ0v) is 14.6. The zero-order valence-electron chi connectivity index (χ0n) is 12.2. The number of hydrogen-bond acceptors (Lipinski definition) is 5. The number of aromatic nitrogens is 2. The Hall–Kier alpha value is -1.18. The van der Waals surface area contributed by atoms with E-state index in [1.165, 1.54) is 9.56 Å². The number of likely N-dealkylation sites (N-methyl/N-ethyl adjacent to an activating group) is 1. The van der Waals surface area contributed by atoms with Gasteiger partial charge in [0.05, 0.1) is 18.4 Å². The molecule has 0 fully saturated rings. The summed E-state index contributed by atoms with van der Waals surface area (Å²) in [5.74, 6) is 0. The summed E-state index contributed by atoms with van der Waals surface area (Å²) in [5.41, 5.74) is 0.649. The Balaban J connectivity index is 1.97. The SMILES string of the molecule is CN(C)CCn1ncc(NCCc2cccs2)c(Br)c1=O. The first-order valence-electron chi connectivity index (χ1n) is 6.74. The third kappa shape index (κ3) is 4.66. The minimum atomic E-state index is -0.0991. The van der Waals surface area contributed by atoms with Crippen LogP contribution in [0.1, 0.15) is 4.88 Å². The lowest BCUT2D eigenvalue weighted by Crippen LogP contribution is -2.29. The molecule has 0 saturated carbocycles. The average Bonchev–Trinajstić information content (AvgIpc) is 2.95. The van der Waals surface area contributed by atoms with Crippen molar-refractivity contribution < 1.29 is 0 Å². The molecule has 114 valence electrons. The fraction of sp³-hybridized carbons (Fsp3) is 0.429. The first-order chi connectivity index (χ1) is 10.1. The lowest BCUT2D eigenvalue weighted by Gasteiger charge is -2.12. The highest BCUT2D eigenvalue weighted by Gasteiger charge is 2.08. The van der Waals surface area contributed by atoms with Crippen LogP contribution in [0.5, 0.6) is 0 Å². The molecule has 2 rings (SSSR count). The second-order valence-corrected chi connectivity index (χ2v) is 6.79. The molecule has 0 unspecified atom stereocenters. The van der Waals surface area contributed by atoms with Crippen LogP contribution in [0.4, 0.5) is 5.69 Å². The predicted molar refractivity (Wildman–Crippen MR) is 91.3 cm³/mol. The van der Waals surface area contributed by atoms with Gasteiger partial charge in [-0.25, -0.2) is 4.68 Å². The number of nitrogens with one attached hydrogen (secondary N) is 1. The van der Waals surface area contributed by atoms with Crippen LogP contribution >= 0.6 is 27.3 Å². The molecule has 0 aliphatic carbocycles. The molecular formula is C14H19BrN4OS. The second-order valence-electron chi connectivity index (χ2n) is 4.96. The molecule has 7 heteroatoms. The number of thiophene rings is 1. The van der Waals surface area contributed by atoms with Gasteiger partial charge in [-0.05, 0) is 47.9 Å². The first kappa shape index (κ1) is 16.2. The Morgan fingerprint density at radius 3 is 2.95 bits per heavy atom. The monoisotopic (exact) mass is 370 g/mol. The van der Waals surface area contributed by atoms with Gasteiger partial charge in [-0.15, -0.1) is 11.3 Å². The lowest BCUT2D eigenvalue weighted by molar-refractivity contribution is 0.367. The summed E-state index contributed by atoms with van der Waals surface area (Å²) >= 11 is 5.11. The van der Waals surface area contributed by atoms with Crippen molar-refractivity contribution in [3.63, 3.8) is 0 Å². The van der Waals surface area contributed by atoms with Gasteiger partial charge in [-0.3, -0.25) is 4.79 Å². The molecule has 0 aliphatic heterocycles. The van der Waals surface area contributed by atoms with Crippen molar-refractivity contribution in [1.82, 2.24) is 14.7 Å². The Morgan fingerprint density at radius 2 is 2.29 bits per heavy atom. The molecule has 0 bridgehead atoms. The van der Waals surface area contributed by atoms with Crippen LogP contribution in [0.2, 0.25) is 0 Å². The van der Waals surface area contributed by atoms with Crippen LogP contribution in [0.3, 0.4) is 0 Å². The molecular weight excluding hydrogens is 352 g/mol. The first-order valence-corrected chi connectivity index (χ1v) is 8.42. The van der Waals surface area contributed by atoms with Crippen LogP contribution in [0, 0.1) is 0 Å². The van der Waals surface area contributed by atoms with Gasteiger partial charge in [0.2, 0.25) is 0 Å². The summed E-state index contributed by atoms with van der Waals surface area (Å²) in [5, 5.41) is 9.54. The van der Waals surface area contributed by atoms with Gasteiger partial charge in [0, 0.05) is 18.0 Å². The van der Waals surface area contributed by atoms with Gasteiger partial charge in [0.25, 0.3) is 5.56 Å². The quantitative estimate of drug-likeness (QED) is 0.812. The van der Waals surface area contributed by atoms with Crippen LogP contribution in [-0.2, 0) is 13.0 Å². The predicted octanol–water partition coefficient (Wildman–Crippen LogP) is 2.28. The molecule has 0 aliphatic rings. The number of nitrogens with zero attached hydrogens (tertiary/aromatic N) is 3. The summed E-state index contributed by atoms with van der Waals surface area (Å²) in [6.45, 7) is 2.15. The summed E-state index contributed by atoms with van der Waals surface area (Å²) < 4.78 is 2.02. The van der Waals surface area contributed by atoms with Crippen LogP contribution in [0.15, 0.2) is 33.0 Å². The summed E-state index contributed by atoms with van der Waals surface area (Å²) in [4.78, 5) is 15.5. The molecule has 5 nitrogen and oxygen atoms in total. The van der Waals surface area contributed by atoms with Gasteiger partial charge in [0.15, 0.2) is 0 Å². The van der Waals surface area contributed by atoms with Crippen molar-refractivity contribution in [2.75, 3.05) is 32.5 Å². The normalized spacial score (nSPS) is 11.0. The van der Waals surface area contributed by atoms with E-state index in [0.717, 1.165) is 25.2 Å². The van der Waals surface area contributed by atoms with E-state index in [1.807, 2.05) is 25.1 Å². The zero-order chi connectivity index (χ0) is 15.2. The largest absolute Gasteiger partial charge is 0.382 e. The van der Waals surface area contributed by atoms with E-state index in [-0.39, 0.29) is 5.56 Å². The van der Waals surface area contributed by atoms with E-state index in [4.69, 9.17) is 0 Å². The maximum atomic E-state index is 12.2. The smallest absolute Gasteiger partial charge is 0.283 e. The van der Waals surface area contributed by atoms with Crippen LogP contribution in [0.25, 0.3) is 0 Å². The third-order valence-electron chi connectivity index (χ3n) is 3.01. The topological polar surface area (TPSA) is 50.2 Å². The summed E-state index contributed by atoms with van der Waals surface area (Å²) in [7, 11) is 3.95.